The Morgan fingerprint density at radius 2 is 1.61 bits per heavy atom. The topological polar surface area (TPSA) is 32.3 Å². The van der Waals surface area contributed by atoms with Gasteiger partial charge in [0, 0.05) is 5.69 Å². The summed E-state index contributed by atoms with van der Waals surface area (Å²) in [6.07, 6.45) is 7.06. The highest BCUT2D eigenvalue weighted by molar-refractivity contribution is 5.96. The maximum absolute atomic E-state index is 12.7. The summed E-state index contributed by atoms with van der Waals surface area (Å²) < 4.78 is 0. The summed E-state index contributed by atoms with van der Waals surface area (Å²) in [6.45, 7) is 8.08. The zero-order valence-electron chi connectivity index (χ0n) is 14.6. The van der Waals surface area contributed by atoms with Gasteiger partial charge in [0.1, 0.15) is 0 Å². The first-order chi connectivity index (χ1) is 10.7. The largest absolute Gasteiger partial charge is 0.324 e. The highest BCUT2D eigenvalue weighted by Gasteiger charge is 2.27. The lowest BCUT2D eigenvalue weighted by atomic mass is 9.98. The van der Waals surface area contributed by atoms with Crippen LogP contribution in [0.2, 0.25) is 0 Å². The molecule has 23 heavy (non-hydrogen) atoms. The number of nitrogens with zero attached hydrogens (tertiary/aromatic N) is 1. The quantitative estimate of drug-likeness (QED) is 0.888. The first-order valence-corrected chi connectivity index (χ1v) is 8.87. The Bertz CT molecular complexity index is 549. The van der Waals surface area contributed by atoms with E-state index in [1.807, 2.05) is 6.92 Å². The molecule has 0 aliphatic heterocycles. The second kappa shape index (κ2) is 7.67. The Labute approximate surface area is 146 Å². The van der Waals surface area contributed by atoms with E-state index < -0.39 is 0 Å². The van der Waals surface area contributed by atoms with E-state index in [0.29, 0.717) is 0 Å². The van der Waals surface area contributed by atoms with Crippen molar-refractivity contribution in [3.63, 3.8) is 0 Å². The summed E-state index contributed by atoms with van der Waals surface area (Å²) in [6, 6.07) is 2.35. The Kier molecular flexibility index (Phi) is 6.10. The number of halogens is 1. The Morgan fingerprint density at radius 1 is 1.09 bits per heavy atom. The molecule has 4 heteroatoms. The van der Waals surface area contributed by atoms with Crippen molar-refractivity contribution in [2.45, 2.75) is 65.3 Å². The van der Waals surface area contributed by atoms with Crippen LogP contribution in [-0.2, 0) is 30.5 Å². The molecule has 3 nitrogen and oxygen atoms in total. The van der Waals surface area contributed by atoms with Gasteiger partial charge in [-0.25, -0.2) is 0 Å². The van der Waals surface area contributed by atoms with E-state index in [1.165, 1.54) is 53.6 Å². The SMILES string of the molecule is CCN(CC)C(C)C(=O)Nc1c2c(cc3c1CCC3)CCC2.Cl. The summed E-state index contributed by atoms with van der Waals surface area (Å²) >= 11 is 0. The predicted octanol–water partition coefficient (Wildman–Crippen LogP) is 3.75. The fourth-order valence-corrected chi connectivity index (χ4v) is 4.13. The van der Waals surface area contributed by atoms with Gasteiger partial charge in [-0.3, -0.25) is 9.69 Å². The Balaban J connectivity index is 0.00000192. The lowest BCUT2D eigenvalue weighted by Gasteiger charge is -2.26. The molecule has 2 aliphatic rings. The van der Waals surface area contributed by atoms with Crippen LogP contribution < -0.4 is 5.32 Å². The van der Waals surface area contributed by atoms with E-state index in [-0.39, 0.29) is 24.4 Å². The van der Waals surface area contributed by atoms with Gasteiger partial charge in [0.25, 0.3) is 0 Å². The minimum atomic E-state index is -0.0655. The molecule has 0 saturated carbocycles. The zero-order chi connectivity index (χ0) is 15.7. The number of hydrogen-bond donors (Lipinski definition) is 1. The van der Waals surface area contributed by atoms with Gasteiger partial charge in [0.15, 0.2) is 0 Å². The number of fused-ring (bicyclic) bond motifs is 2. The van der Waals surface area contributed by atoms with Crippen LogP contribution in [0.3, 0.4) is 0 Å². The fourth-order valence-electron chi connectivity index (χ4n) is 4.13. The molecule has 0 aromatic heterocycles. The van der Waals surface area contributed by atoms with Gasteiger partial charge in [-0.1, -0.05) is 19.9 Å². The maximum Gasteiger partial charge on any atom is 0.241 e. The second-order valence-corrected chi connectivity index (χ2v) is 6.62. The van der Waals surface area contributed by atoms with Gasteiger partial charge in [0.2, 0.25) is 5.91 Å². The van der Waals surface area contributed by atoms with Gasteiger partial charge in [-0.05, 0) is 80.8 Å². The van der Waals surface area contributed by atoms with Crippen molar-refractivity contribution in [1.29, 1.82) is 0 Å². The first-order valence-electron chi connectivity index (χ1n) is 8.87. The van der Waals surface area contributed by atoms with Crippen LogP contribution in [0.15, 0.2) is 6.07 Å². The van der Waals surface area contributed by atoms with E-state index in [2.05, 4.69) is 30.1 Å². The molecule has 1 aromatic carbocycles. The summed E-state index contributed by atoms with van der Waals surface area (Å²) in [5.74, 6) is 0.151. The molecule has 1 amide bonds. The van der Waals surface area contributed by atoms with E-state index in [9.17, 15) is 4.79 Å². The lowest BCUT2D eigenvalue weighted by Crippen LogP contribution is -2.42. The van der Waals surface area contributed by atoms with E-state index in [1.54, 1.807) is 0 Å². The molecule has 0 spiro atoms. The van der Waals surface area contributed by atoms with Gasteiger partial charge in [0.05, 0.1) is 6.04 Å². The third-order valence-corrected chi connectivity index (χ3v) is 5.46. The molecular weight excluding hydrogens is 308 g/mol. The number of anilines is 1. The summed E-state index contributed by atoms with van der Waals surface area (Å²) in [7, 11) is 0. The number of amides is 1. The van der Waals surface area contributed by atoms with Crippen LogP contribution in [-0.4, -0.2) is 29.9 Å². The first kappa shape index (κ1) is 18.3. The van der Waals surface area contributed by atoms with Crippen molar-refractivity contribution in [2.24, 2.45) is 0 Å². The monoisotopic (exact) mass is 336 g/mol. The van der Waals surface area contributed by atoms with Crippen LogP contribution in [0.4, 0.5) is 5.69 Å². The normalized spacial score (nSPS) is 16.7. The van der Waals surface area contributed by atoms with Gasteiger partial charge < -0.3 is 5.32 Å². The average Bonchev–Trinajstić information content (AvgIpc) is 3.16. The van der Waals surface area contributed by atoms with E-state index in [0.717, 1.165) is 25.9 Å². The number of nitrogens with one attached hydrogen (secondary N) is 1. The van der Waals surface area contributed by atoms with Crippen LogP contribution in [0.1, 0.15) is 55.9 Å². The number of benzene rings is 1. The molecule has 0 fully saturated rings. The molecule has 0 bridgehead atoms. The molecule has 0 radical (unpaired) electrons. The lowest BCUT2D eigenvalue weighted by molar-refractivity contribution is -0.120. The highest BCUT2D eigenvalue weighted by atomic mass is 35.5. The maximum atomic E-state index is 12.7. The van der Waals surface area contributed by atoms with Crippen LogP contribution >= 0.6 is 12.4 Å². The number of rotatable bonds is 5. The molecule has 1 N–H and O–H groups in total. The Hall–Kier alpha value is -1.06. The molecule has 1 aromatic rings. The van der Waals surface area contributed by atoms with E-state index >= 15 is 0 Å². The summed E-state index contributed by atoms with van der Waals surface area (Å²) in [5.41, 5.74) is 6.96. The second-order valence-electron chi connectivity index (χ2n) is 6.62. The number of carbonyl (C=O) groups is 1. The zero-order valence-corrected chi connectivity index (χ0v) is 15.4. The molecule has 0 heterocycles. The number of likely N-dealkylation sites (N-methyl/N-ethyl adjacent to an activating group) is 1. The van der Waals surface area contributed by atoms with Crippen molar-refractivity contribution in [3.8, 4) is 0 Å². The summed E-state index contributed by atoms with van der Waals surface area (Å²) in [5, 5.41) is 3.31. The summed E-state index contributed by atoms with van der Waals surface area (Å²) in [4.78, 5) is 14.9. The fraction of sp³-hybridized carbons (Fsp3) is 0.632. The van der Waals surface area contributed by atoms with Crippen molar-refractivity contribution >= 4 is 24.0 Å². The van der Waals surface area contributed by atoms with Crippen LogP contribution in [0.5, 0.6) is 0 Å². The van der Waals surface area contributed by atoms with Crippen LogP contribution in [0.25, 0.3) is 0 Å². The molecular formula is C19H29ClN2O. The Morgan fingerprint density at radius 3 is 2.09 bits per heavy atom. The van der Waals surface area contributed by atoms with Crippen molar-refractivity contribution in [1.82, 2.24) is 4.90 Å². The molecule has 1 atom stereocenters. The standard InChI is InChI=1S/C19H28N2O.ClH/c1-4-21(5-2)13(3)19(22)20-18-16-10-6-8-14(16)12-15-9-7-11-17(15)18;/h12-13H,4-11H2,1-3H3,(H,20,22);1H. The molecule has 2 aliphatic carbocycles. The van der Waals surface area contributed by atoms with Crippen molar-refractivity contribution < 1.29 is 4.79 Å². The third kappa shape index (κ3) is 3.41. The minimum Gasteiger partial charge on any atom is -0.324 e. The predicted molar refractivity (Wildman–Crippen MR) is 98.8 cm³/mol. The van der Waals surface area contributed by atoms with Crippen molar-refractivity contribution in [2.75, 3.05) is 18.4 Å². The van der Waals surface area contributed by atoms with Crippen LogP contribution in [0, 0.1) is 0 Å². The van der Waals surface area contributed by atoms with E-state index in [4.69, 9.17) is 0 Å². The van der Waals surface area contributed by atoms with Gasteiger partial charge in [-0.2, -0.15) is 0 Å². The van der Waals surface area contributed by atoms with Gasteiger partial charge in [-0.15, -0.1) is 12.4 Å². The number of carbonyl (C=O) groups excluding carboxylic acids is 1. The number of hydrogen-bond acceptors (Lipinski definition) is 2. The molecule has 0 saturated heterocycles. The molecule has 3 rings (SSSR count). The molecule has 1 unspecified atom stereocenters. The highest BCUT2D eigenvalue weighted by Crippen LogP contribution is 2.38. The number of aryl methyl sites for hydroxylation is 2. The molecule has 128 valence electrons. The third-order valence-electron chi connectivity index (χ3n) is 5.46. The smallest absolute Gasteiger partial charge is 0.241 e. The average molecular weight is 337 g/mol. The van der Waals surface area contributed by atoms with Gasteiger partial charge >= 0.3 is 0 Å². The minimum absolute atomic E-state index is 0. The van der Waals surface area contributed by atoms with Crippen molar-refractivity contribution in [3.05, 3.63) is 28.3 Å².